The number of ether oxygens (including phenoxy) is 1. The van der Waals surface area contributed by atoms with Crippen LogP contribution in [-0.4, -0.2) is 21.6 Å². The van der Waals surface area contributed by atoms with E-state index in [1.165, 1.54) is 17.0 Å². The predicted octanol–water partition coefficient (Wildman–Crippen LogP) is 2.69. The first-order chi connectivity index (χ1) is 13.5. The first-order valence-corrected chi connectivity index (χ1v) is 8.97. The summed E-state index contributed by atoms with van der Waals surface area (Å²) in [6.45, 7) is 1.94. The minimum Gasteiger partial charge on any atom is -0.492 e. The molecule has 0 aliphatic carbocycles. The molecule has 0 spiro atoms. The van der Waals surface area contributed by atoms with Crippen molar-refractivity contribution in [2.24, 2.45) is 0 Å². The molecule has 8 heteroatoms. The van der Waals surface area contributed by atoms with E-state index in [2.05, 4.69) is 5.32 Å². The Balaban J connectivity index is 1.87. The second-order valence-corrected chi connectivity index (χ2v) is 6.24. The number of hydrogen-bond donors (Lipinski definition) is 1. The third kappa shape index (κ3) is 4.15. The van der Waals surface area contributed by atoms with Gasteiger partial charge in [0.25, 0.3) is 0 Å². The molecule has 3 rings (SSSR count). The molecule has 1 aromatic heterocycles. The van der Waals surface area contributed by atoms with Gasteiger partial charge in [0.05, 0.1) is 23.0 Å². The van der Waals surface area contributed by atoms with Crippen molar-refractivity contribution >= 4 is 23.2 Å². The summed E-state index contributed by atoms with van der Waals surface area (Å²) in [7, 11) is 0. The van der Waals surface area contributed by atoms with Crippen LogP contribution < -0.4 is 21.2 Å². The molecule has 144 valence electrons. The Morgan fingerprint density at radius 3 is 2.50 bits per heavy atom. The Hall–Kier alpha value is -3.32. The highest BCUT2D eigenvalue weighted by atomic mass is 35.5. The van der Waals surface area contributed by atoms with Crippen LogP contribution in [0, 0.1) is 0 Å². The number of para-hydroxylation sites is 3. The van der Waals surface area contributed by atoms with Crippen molar-refractivity contribution < 1.29 is 9.53 Å². The fourth-order valence-electron chi connectivity index (χ4n) is 2.66. The Morgan fingerprint density at radius 1 is 1.04 bits per heavy atom. The van der Waals surface area contributed by atoms with Gasteiger partial charge in [0.15, 0.2) is 0 Å². The SMILES string of the molecule is CCOc1ccccc1-n1ccn(CC(=O)Nc2ccccc2Cl)c(=O)c1=O. The molecule has 0 atom stereocenters. The van der Waals surface area contributed by atoms with E-state index in [0.29, 0.717) is 28.8 Å². The maximum Gasteiger partial charge on any atom is 0.321 e. The summed E-state index contributed by atoms with van der Waals surface area (Å²) >= 11 is 6.01. The van der Waals surface area contributed by atoms with Crippen molar-refractivity contribution in [2.75, 3.05) is 11.9 Å². The average Bonchev–Trinajstić information content (AvgIpc) is 2.68. The number of aromatic nitrogens is 2. The van der Waals surface area contributed by atoms with Gasteiger partial charge in [-0.25, -0.2) is 0 Å². The molecule has 2 aromatic carbocycles. The summed E-state index contributed by atoms with van der Waals surface area (Å²) in [6, 6.07) is 13.7. The fourth-order valence-corrected chi connectivity index (χ4v) is 2.85. The second-order valence-electron chi connectivity index (χ2n) is 5.84. The molecule has 0 saturated heterocycles. The summed E-state index contributed by atoms with van der Waals surface area (Å²) in [5.74, 6) is 0.0165. The lowest BCUT2D eigenvalue weighted by Gasteiger charge is -2.13. The summed E-state index contributed by atoms with van der Waals surface area (Å²) in [4.78, 5) is 37.3. The van der Waals surface area contributed by atoms with Gasteiger partial charge in [0.1, 0.15) is 12.3 Å². The van der Waals surface area contributed by atoms with E-state index in [9.17, 15) is 14.4 Å². The molecule has 0 fully saturated rings. The Kier molecular flexibility index (Phi) is 5.96. The molecular formula is C20H18ClN3O4. The van der Waals surface area contributed by atoms with E-state index in [4.69, 9.17) is 16.3 Å². The average molecular weight is 400 g/mol. The molecule has 0 aliphatic heterocycles. The first kappa shape index (κ1) is 19.4. The number of rotatable bonds is 6. The molecular weight excluding hydrogens is 382 g/mol. The van der Waals surface area contributed by atoms with Crippen molar-refractivity contribution in [1.82, 2.24) is 9.13 Å². The number of benzene rings is 2. The molecule has 1 amide bonds. The van der Waals surface area contributed by atoms with E-state index in [1.807, 2.05) is 6.92 Å². The molecule has 7 nitrogen and oxygen atoms in total. The summed E-state index contributed by atoms with van der Waals surface area (Å²) in [6.07, 6.45) is 2.82. The lowest BCUT2D eigenvalue weighted by atomic mass is 10.3. The maximum absolute atomic E-state index is 12.6. The van der Waals surface area contributed by atoms with Crippen LogP contribution in [0.25, 0.3) is 5.69 Å². The number of nitrogens with zero attached hydrogens (tertiary/aromatic N) is 2. The zero-order chi connectivity index (χ0) is 20.1. The van der Waals surface area contributed by atoms with Crippen molar-refractivity contribution in [3.63, 3.8) is 0 Å². The Labute approximate surface area is 165 Å². The standard InChI is InChI=1S/C20H18ClN3O4/c1-2-28-17-10-6-5-9-16(17)24-12-11-23(19(26)20(24)27)13-18(25)22-15-8-4-3-7-14(15)21/h3-12H,2,13H2,1H3,(H,22,25). The quantitative estimate of drug-likeness (QED) is 0.646. The van der Waals surface area contributed by atoms with Gasteiger partial charge in [-0.2, -0.15) is 0 Å². The number of nitrogens with one attached hydrogen (secondary N) is 1. The van der Waals surface area contributed by atoms with Crippen LogP contribution in [0.15, 0.2) is 70.5 Å². The van der Waals surface area contributed by atoms with Crippen LogP contribution in [0.4, 0.5) is 5.69 Å². The molecule has 3 aromatic rings. The number of hydrogen-bond acceptors (Lipinski definition) is 4. The van der Waals surface area contributed by atoms with Crippen molar-refractivity contribution in [3.8, 4) is 11.4 Å². The third-order valence-electron chi connectivity index (χ3n) is 3.94. The van der Waals surface area contributed by atoms with Crippen LogP contribution in [0.2, 0.25) is 5.02 Å². The number of amides is 1. The van der Waals surface area contributed by atoms with Gasteiger partial charge in [0, 0.05) is 12.4 Å². The largest absolute Gasteiger partial charge is 0.492 e. The molecule has 0 unspecified atom stereocenters. The lowest BCUT2D eigenvalue weighted by molar-refractivity contribution is -0.116. The predicted molar refractivity (Wildman–Crippen MR) is 108 cm³/mol. The van der Waals surface area contributed by atoms with Crippen LogP contribution in [-0.2, 0) is 11.3 Å². The van der Waals surface area contributed by atoms with Gasteiger partial charge in [-0.3, -0.25) is 23.5 Å². The zero-order valence-corrected chi connectivity index (χ0v) is 15.8. The van der Waals surface area contributed by atoms with Crippen molar-refractivity contribution in [2.45, 2.75) is 13.5 Å². The van der Waals surface area contributed by atoms with E-state index in [-0.39, 0.29) is 6.54 Å². The first-order valence-electron chi connectivity index (χ1n) is 8.60. The molecule has 28 heavy (non-hydrogen) atoms. The van der Waals surface area contributed by atoms with Crippen molar-refractivity contribution in [3.05, 3.63) is 86.7 Å². The molecule has 0 saturated carbocycles. The highest BCUT2D eigenvalue weighted by Gasteiger charge is 2.13. The molecule has 1 heterocycles. The van der Waals surface area contributed by atoms with Gasteiger partial charge in [-0.1, -0.05) is 35.9 Å². The molecule has 1 N–H and O–H groups in total. The highest BCUT2D eigenvalue weighted by molar-refractivity contribution is 6.33. The number of anilines is 1. The number of halogens is 1. The van der Waals surface area contributed by atoms with Gasteiger partial charge in [-0.15, -0.1) is 0 Å². The minimum absolute atomic E-state index is 0.312. The normalized spacial score (nSPS) is 10.5. The fraction of sp³-hybridized carbons (Fsp3) is 0.150. The molecule has 0 radical (unpaired) electrons. The highest BCUT2D eigenvalue weighted by Crippen LogP contribution is 2.21. The van der Waals surface area contributed by atoms with E-state index in [1.54, 1.807) is 48.5 Å². The topological polar surface area (TPSA) is 82.3 Å². The van der Waals surface area contributed by atoms with Gasteiger partial charge >= 0.3 is 11.1 Å². The Bertz CT molecular complexity index is 1120. The van der Waals surface area contributed by atoms with E-state index < -0.39 is 17.0 Å². The third-order valence-corrected chi connectivity index (χ3v) is 4.27. The van der Waals surface area contributed by atoms with Gasteiger partial charge < -0.3 is 10.1 Å². The van der Waals surface area contributed by atoms with Gasteiger partial charge in [-0.05, 0) is 31.2 Å². The second kappa shape index (κ2) is 8.58. The molecule has 0 bridgehead atoms. The number of carbonyl (C=O) groups is 1. The monoisotopic (exact) mass is 399 g/mol. The Morgan fingerprint density at radius 2 is 1.75 bits per heavy atom. The summed E-state index contributed by atoms with van der Waals surface area (Å²) in [5.41, 5.74) is -0.705. The molecule has 0 aliphatic rings. The van der Waals surface area contributed by atoms with Gasteiger partial charge in [0.2, 0.25) is 5.91 Å². The zero-order valence-electron chi connectivity index (χ0n) is 15.1. The van der Waals surface area contributed by atoms with E-state index >= 15 is 0 Å². The smallest absolute Gasteiger partial charge is 0.321 e. The van der Waals surface area contributed by atoms with E-state index in [0.717, 1.165) is 4.57 Å². The van der Waals surface area contributed by atoms with Crippen LogP contribution >= 0.6 is 11.6 Å². The van der Waals surface area contributed by atoms with Crippen LogP contribution in [0.3, 0.4) is 0 Å². The van der Waals surface area contributed by atoms with Crippen LogP contribution in [0.1, 0.15) is 6.92 Å². The summed E-state index contributed by atoms with van der Waals surface area (Å²) < 4.78 is 7.77. The summed E-state index contributed by atoms with van der Waals surface area (Å²) in [5, 5.41) is 3.00. The lowest BCUT2D eigenvalue weighted by Crippen LogP contribution is -2.41. The maximum atomic E-state index is 12.6. The van der Waals surface area contributed by atoms with Crippen LogP contribution in [0.5, 0.6) is 5.75 Å². The number of carbonyl (C=O) groups excluding carboxylic acids is 1. The minimum atomic E-state index is -0.817. The van der Waals surface area contributed by atoms with Crippen molar-refractivity contribution in [1.29, 1.82) is 0 Å².